The van der Waals surface area contributed by atoms with E-state index in [1.54, 1.807) is 4.31 Å². The van der Waals surface area contributed by atoms with E-state index in [4.69, 9.17) is 5.11 Å². The summed E-state index contributed by atoms with van der Waals surface area (Å²) in [6.45, 7) is 3.42. The Bertz CT molecular complexity index is 276. The first-order valence-electron chi connectivity index (χ1n) is 5.65. The fourth-order valence-electron chi connectivity index (χ4n) is 1.89. The summed E-state index contributed by atoms with van der Waals surface area (Å²) in [5.74, 6) is 0.709. The lowest BCUT2D eigenvalue weighted by Gasteiger charge is -2.19. The molecule has 5 heteroatoms. The molecular formula is C10H21NO3S. The van der Waals surface area contributed by atoms with E-state index >= 15 is 0 Å². The van der Waals surface area contributed by atoms with Gasteiger partial charge in [-0.3, -0.25) is 0 Å². The van der Waals surface area contributed by atoms with Crippen LogP contribution in [0.15, 0.2) is 0 Å². The molecule has 1 heterocycles. The van der Waals surface area contributed by atoms with E-state index in [1.165, 1.54) is 0 Å². The minimum absolute atomic E-state index is 0.0521. The standard InChI is InChI=1S/C10H21NO3S/c1-10-4-2-6-11(7-5-10)15(13,14)9-3-8-12/h10,12H,2-9H2,1H3. The Morgan fingerprint density at radius 3 is 2.73 bits per heavy atom. The van der Waals surface area contributed by atoms with Crippen molar-refractivity contribution in [2.45, 2.75) is 32.6 Å². The van der Waals surface area contributed by atoms with E-state index in [-0.39, 0.29) is 12.4 Å². The maximum absolute atomic E-state index is 11.8. The van der Waals surface area contributed by atoms with E-state index in [1.807, 2.05) is 0 Å². The highest BCUT2D eigenvalue weighted by molar-refractivity contribution is 7.89. The summed E-state index contributed by atoms with van der Waals surface area (Å²) in [6, 6.07) is 0. The summed E-state index contributed by atoms with van der Waals surface area (Å²) in [4.78, 5) is 0. The van der Waals surface area contributed by atoms with Gasteiger partial charge in [-0.15, -0.1) is 0 Å². The average Bonchev–Trinajstić information content (AvgIpc) is 2.40. The molecule has 1 N–H and O–H groups in total. The Balaban J connectivity index is 2.54. The second kappa shape index (κ2) is 5.82. The Labute approximate surface area is 92.3 Å². The largest absolute Gasteiger partial charge is 0.396 e. The Morgan fingerprint density at radius 2 is 2.07 bits per heavy atom. The van der Waals surface area contributed by atoms with Gasteiger partial charge < -0.3 is 5.11 Å². The van der Waals surface area contributed by atoms with Crippen LogP contribution in [0.4, 0.5) is 0 Å². The average molecular weight is 235 g/mol. The van der Waals surface area contributed by atoms with Gasteiger partial charge in [0.15, 0.2) is 0 Å². The summed E-state index contributed by atoms with van der Waals surface area (Å²) in [5.41, 5.74) is 0. The Morgan fingerprint density at radius 1 is 1.33 bits per heavy atom. The lowest BCUT2D eigenvalue weighted by molar-refractivity contribution is 0.294. The number of aliphatic hydroxyl groups is 1. The highest BCUT2D eigenvalue weighted by Gasteiger charge is 2.23. The number of rotatable bonds is 4. The molecule has 1 saturated heterocycles. The van der Waals surface area contributed by atoms with Crippen molar-refractivity contribution in [3.63, 3.8) is 0 Å². The molecule has 1 aliphatic heterocycles. The van der Waals surface area contributed by atoms with Crippen LogP contribution in [0.3, 0.4) is 0 Å². The van der Waals surface area contributed by atoms with E-state index < -0.39 is 10.0 Å². The SMILES string of the molecule is CC1CCCN(S(=O)(=O)CCCO)CC1. The monoisotopic (exact) mass is 235 g/mol. The van der Waals surface area contributed by atoms with Crippen LogP contribution in [0.5, 0.6) is 0 Å². The molecule has 0 radical (unpaired) electrons. The molecule has 15 heavy (non-hydrogen) atoms. The van der Waals surface area contributed by atoms with Crippen molar-refractivity contribution in [2.24, 2.45) is 5.92 Å². The van der Waals surface area contributed by atoms with Crippen molar-refractivity contribution in [3.05, 3.63) is 0 Å². The van der Waals surface area contributed by atoms with E-state index in [9.17, 15) is 8.42 Å². The van der Waals surface area contributed by atoms with Gasteiger partial charge in [-0.05, 0) is 31.6 Å². The first-order valence-corrected chi connectivity index (χ1v) is 7.26. The van der Waals surface area contributed by atoms with Crippen molar-refractivity contribution in [3.8, 4) is 0 Å². The van der Waals surface area contributed by atoms with Crippen LogP contribution < -0.4 is 0 Å². The lowest BCUT2D eigenvalue weighted by Crippen LogP contribution is -2.34. The molecule has 1 aliphatic rings. The Hall–Kier alpha value is -0.130. The predicted octanol–water partition coefficient (Wildman–Crippen LogP) is 0.821. The molecule has 0 bridgehead atoms. The first-order chi connectivity index (χ1) is 7.06. The summed E-state index contributed by atoms with van der Waals surface area (Å²) in [6.07, 6.45) is 3.37. The van der Waals surface area contributed by atoms with Gasteiger partial charge in [0, 0.05) is 19.7 Å². The van der Waals surface area contributed by atoms with Crippen molar-refractivity contribution in [1.29, 1.82) is 0 Å². The minimum Gasteiger partial charge on any atom is -0.396 e. The normalized spacial score (nSPS) is 25.1. The molecule has 0 aromatic heterocycles. The molecule has 0 spiro atoms. The fourth-order valence-corrected chi connectivity index (χ4v) is 3.43. The number of hydrogen-bond acceptors (Lipinski definition) is 3. The molecule has 1 rings (SSSR count). The number of aliphatic hydroxyl groups excluding tert-OH is 1. The van der Waals surface area contributed by atoms with Gasteiger partial charge in [0.1, 0.15) is 0 Å². The molecule has 1 atom stereocenters. The summed E-state index contributed by atoms with van der Waals surface area (Å²) in [7, 11) is -3.12. The zero-order chi connectivity index (χ0) is 11.3. The molecular weight excluding hydrogens is 214 g/mol. The second-order valence-electron chi connectivity index (χ2n) is 4.33. The van der Waals surface area contributed by atoms with Crippen LogP contribution in [0, 0.1) is 5.92 Å². The van der Waals surface area contributed by atoms with Gasteiger partial charge in [-0.25, -0.2) is 12.7 Å². The molecule has 1 unspecified atom stereocenters. The molecule has 90 valence electrons. The van der Waals surface area contributed by atoms with Gasteiger partial charge in [-0.2, -0.15) is 0 Å². The van der Waals surface area contributed by atoms with Crippen LogP contribution in [-0.2, 0) is 10.0 Å². The van der Waals surface area contributed by atoms with Gasteiger partial charge in [-0.1, -0.05) is 6.92 Å². The van der Waals surface area contributed by atoms with Gasteiger partial charge in [0.2, 0.25) is 10.0 Å². The van der Waals surface area contributed by atoms with E-state index in [2.05, 4.69) is 6.92 Å². The molecule has 0 amide bonds. The van der Waals surface area contributed by atoms with Gasteiger partial charge >= 0.3 is 0 Å². The topological polar surface area (TPSA) is 57.6 Å². The molecule has 4 nitrogen and oxygen atoms in total. The molecule has 0 aromatic carbocycles. The zero-order valence-corrected chi connectivity index (χ0v) is 10.2. The number of nitrogens with zero attached hydrogens (tertiary/aromatic N) is 1. The minimum atomic E-state index is -3.12. The van der Waals surface area contributed by atoms with Crippen molar-refractivity contribution >= 4 is 10.0 Å². The third kappa shape index (κ3) is 4.09. The van der Waals surface area contributed by atoms with Crippen LogP contribution in [0.1, 0.15) is 32.6 Å². The number of hydrogen-bond donors (Lipinski definition) is 1. The first kappa shape index (κ1) is 12.9. The second-order valence-corrected chi connectivity index (χ2v) is 6.42. The summed E-state index contributed by atoms with van der Waals surface area (Å²) < 4.78 is 25.2. The Kier molecular flexibility index (Phi) is 5.02. The van der Waals surface area contributed by atoms with Crippen molar-refractivity contribution in [1.82, 2.24) is 4.31 Å². The van der Waals surface area contributed by atoms with Gasteiger partial charge in [0.05, 0.1) is 5.75 Å². The quantitative estimate of drug-likeness (QED) is 0.785. The van der Waals surface area contributed by atoms with Gasteiger partial charge in [0.25, 0.3) is 0 Å². The third-order valence-corrected chi connectivity index (χ3v) is 4.89. The maximum Gasteiger partial charge on any atom is 0.214 e. The molecule has 1 fully saturated rings. The summed E-state index contributed by atoms with van der Waals surface area (Å²) in [5, 5.41) is 8.64. The molecule has 0 saturated carbocycles. The third-order valence-electron chi connectivity index (χ3n) is 2.93. The van der Waals surface area contributed by atoms with E-state index in [0.29, 0.717) is 25.4 Å². The number of sulfonamides is 1. The highest BCUT2D eigenvalue weighted by atomic mass is 32.2. The molecule has 0 aliphatic carbocycles. The summed E-state index contributed by atoms with van der Waals surface area (Å²) >= 11 is 0. The van der Waals surface area contributed by atoms with Crippen LogP contribution in [0.2, 0.25) is 0 Å². The lowest BCUT2D eigenvalue weighted by atomic mass is 10.0. The van der Waals surface area contributed by atoms with Crippen molar-refractivity contribution < 1.29 is 13.5 Å². The zero-order valence-electron chi connectivity index (χ0n) is 9.35. The smallest absolute Gasteiger partial charge is 0.214 e. The fraction of sp³-hybridized carbons (Fsp3) is 1.00. The van der Waals surface area contributed by atoms with E-state index in [0.717, 1.165) is 19.3 Å². The highest BCUT2D eigenvalue weighted by Crippen LogP contribution is 2.18. The van der Waals surface area contributed by atoms with Crippen LogP contribution >= 0.6 is 0 Å². The van der Waals surface area contributed by atoms with Crippen LogP contribution in [0.25, 0.3) is 0 Å². The predicted molar refractivity (Wildman–Crippen MR) is 60.1 cm³/mol. The maximum atomic E-state index is 11.8. The van der Waals surface area contributed by atoms with Crippen LogP contribution in [-0.4, -0.2) is 43.3 Å². The molecule has 0 aromatic rings. The van der Waals surface area contributed by atoms with Crippen molar-refractivity contribution in [2.75, 3.05) is 25.4 Å².